The molecule has 3 rings (SSSR count). The van der Waals surface area contributed by atoms with Gasteiger partial charge in [-0.25, -0.2) is 13.1 Å². The van der Waals surface area contributed by atoms with E-state index < -0.39 is 16.9 Å². The average Bonchev–Trinajstić information content (AvgIpc) is 3.17. The summed E-state index contributed by atoms with van der Waals surface area (Å²) in [6, 6.07) is 7.08. The molecule has 1 aliphatic rings. The van der Waals surface area contributed by atoms with Crippen LogP contribution in [-0.4, -0.2) is 48.6 Å². The van der Waals surface area contributed by atoms with E-state index in [1.807, 2.05) is 4.90 Å². The molecule has 1 aliphatic heterocycles. The first kappa shape index (κ1) is 15.6. The molecule has 0 saturated carbocycles. The maximum atomic E-state index is 11.3. The van der Waals surface area contributed by atoms with Crippen LogP contribution in [0.25, 0.3) is 0 Å². The number of aldehydes is 1. The number of nitrogens with zero attached hydrogens (tertiary/aromatic N) is 4. The topological polar surface area (TPSA) is 94.4 Å². The fraction of sp³-hybridized carbons (Fsp3) is 0.357. The predicted molar refractivity (Wildman–Crippen MR) is 82.6 cm³/mol. The average molecular weight is 336 g/mol. The fourth-order valence-corrected chi connectivity index (χ4v) is 3.09. The number of hydrogen-bond acceptors (Lipinski definition) is 7. The van der Waals surface area contributed by atoms with E-state index >= 15 is 0 Å². The first-order chi connectivity index (χ1) is 11.2. The van der Waals surface area contributed by atoms with E-state index in [-0.39, 0.29) is 11.9 Å². The molecule has 8 nitrogen and oxygen atoms in total. The van der Waals surface area contributed by atoms with Crippen LogP contribution in [0.4, 0.5) is 5.69 Å². The number of thiol groups is 1. The third-order valence-electron chi connectivity index (χ3n) is 3.60. The third-order valence-corrected chi connectivity index (χ3v) is 4.22. The number of carbonyl (C=O) groups excluding carboxylic acids is 1. The standard InChI is InChI=1S/C14H16N4O4S/c19-9-14-18(8-13(22-14)7-17-6-5-15-16-17)12-3-1-11(2-4-12)10-23(20)21/h1-6,9,13-14,23H,7-8,10H2/t13-,14?/m0/s1. The van der Waals surface area contributed by atoms with Gasteiger partial charge in [0.25, 0.3) is 0 Å². The number of rotatable bonds is 6. The molecule has 9 heteroatoms. The lowest BCUT2D eigenvalue weighted by Crippen LogP contribution is -2.31. The van der Waals surface area contributed by atoms with Gasteiger partial charge in [-0.2, -0.15) is 0 Å². The van der Waals surface area contributed by atoms with Gasteiger partial charge < -0.3 is 9.64 Å². The molecular weight excluding hydrogens is 320 g/mol. The van der Waals surface area contributed by atoms with Crippen LogP contribution in [0.3, 0.4) is 0 Å². The van der Waals surface area contributed by atoms with E-state index in [1.54, 1.807) is 41.3 Å². The molecule has 0 aliphatic carbocycles. The number of anilines is 1. The largest absolute Gasteiger partial charge is 0.344 e. The fourth-order valence-electron chi connectivity index (χ4n) is 2.58. The van der Waals surface area contributed by atoms with Crippen LogP contribution >= 0.6 is 0 Å². The molecule has 1 unspecified atom stereocenters. The summed E-state index contributed by atoms with van der Waals surface area (Å²) < 4.78 is 28.9. The molecule has 0 radical (unpaired) electrons. The van der Waals surface area contributed by atoms with Gasteiger partial charge in [0.1, 0.15) is 10.7 Å². The first-order valence-electron chi connectivity index (χ1n) is 7.08. The molecule has 0 bridgehead atoms. The molecule has 122 valence electrons. The van der Waals surface area contributed by atoms with Gasteiger partial charge in [-0.1, -0.05) is 17.3 Å². The third kappa shape index (κ3) is 3.74. The molecule has 2 aromatic rings. The zero-order valence-corrected chi connectivity index (χ0v) is 13.1. The van der Waals surface area contributed by atoms with Crippen molar-refractivity contribution in [2.75, 3.05) is 11.4 Å². The molecule has 23 heavy (non-hydrogen) atoms. The minimum Gasteiger partial charge on any atom is -0.344 e. The predicted octanol–water partition coefficient (Wildman–Crippen LogP) is -0.180. The van der Waals surface area contributed by atoms with Gasteiger partial charge in [0.15, 0.2) is 12.5 Å². The van der Waals surface area contributed by atoms with Gasteiger partial charge in [0.2, 0.25) is 0 Å². The summed E-state index contributed by atoms with van der Waals surface area (Å²) in [6.07, 6.45) is 3.24. The maximum Gasteiger partial charge on any atom is 0.187 e. The Morgan fingerprint density at radius 2 is 2.09 bits per heavy atom. The van der Waals surface area contributed by atoms with Crippen LogP contribution in [0.1, 0.15) is 5.56 Å². The first-order valence-corrected chi connectivity index (χ1v) is 8.44. The summed E-state index contributed by atoms with van der Waals surface area (Å²) in [7, 11) is -2.45. The SMILES string of the molecule is O=CC1O[C@@H](Cn2ccnn2)CN1c1ccc(C[SH](=O)=O)cc1. The molecule has 2 heterocycles. The van der Waals surface area contributed by atoms with E-state index in [0.29, 0.717) is 18.7 Å². The Bertz CT molecular complexity index is 722. The highest BCUT2D eigenvalue weighted by molar-refractivity contribution is 7.71. The summed E-state index contributed by atoms with van der Waals surface area (Å²) in [6.45, 7) is 1.05. The monoisotopic (exact) mass is 336 g/mol. The second-order valence-corrected chi connectivity index (χ2v) is 6.20. The van der Waals surface area contributed by atoms with Gasteiger partial charge in [0, 0.05) is 18.4 Å². The zero-order chi connectivity index (χ0) is 16.2. The van der Waals surface area contributed by atoms with E-state index in [1.165, 1.54) is 0 Å². The Kier molecular flexibility index (Phi) is 4.68. The maximum absolute atomic E-state index is 11.3. The summed E-state index contributed by atoms with van der Waals surface area (Å²) in [5.41, 5.74) is 1.53. The van der Waals surface area contributed by atoms with Crippen molar-refractivity contribution < 1.29 is 17.9 Å². The van der Waals surface area contributed by atoms with Gasteiger partial charge in [0.05, 0.1) is 24.6 Å². The molecular formula is C14H16N4O4S. The van der Waals surface area contributed by atoms with E-state index in [9.17, 15) is 13.2 Å². The van der Waals surface area contributed by atoms with Gasteiger partial charge in [-0.3, -0.25) is 4.79 Å². The molecule has 1 aromatic heterocycles. The van der Waals surface area contributed by atoms with E-state index in [4.69, 9.17) is 4.74 Å². The number of ether oxygens (including phenoxy) is 1. The van der Waals surface area contributed by atoms with Crippen LogP contribution in [-0.2, 0) is 32.5 Å². The normalized spacial score (nSPS) is 21.0. The van der Waals surface area contributed by atoms with Gasteiger partial charge >= 0.3 is 0 Å². The summed E-state index contributed by atoms with van der Waals surface area (Å²) in [5, 5.41) is 7.63. The van der Waals surface area contributed by atoms with E-state index in [2.05, 4.69) is 10.3 Å². The van der Waals surface area contributed by atoms with Gasteiger partial charge in [-0.15, -0.1) is 5.10 Å². The number of carbonyl (C=O) groups is 1. The quantitative estimate of drug-likeness (QED) is 0.577. The van der Waals surface area contributed by atoms with Crippen LogP contribution in [0.2, 0.25) is 0 Å². The molecule has 1 fully saturated rings. The molecule has 1 aromatic carbocycles. The second-order valence-electron chi connectivity index (χ2n) is 5.22. The minimum atomic E-state index is -2.45. The van der Waals surface area contributed by atoms with Crippen LogP contribution in [0.15, 0.2) is 36.7 Å². The Morgan fingerprint density at radius 1 is 1.30 bits per heavy atom. The highest BCUT2D eigenvalue weighted by atomic mass is 32.2. The van der Waals surface area contributed by atoms with Crippen LogP contribution in [0.5, 0.6) is 0 Å². The van der Waals surface area contributed by atoms with Crippen molar-refractivity contribution in [3.8, 4) is 0 Å². The number of aromatic nitrogens is 3. The Hall–Kier alpha value is -2.26. The van der Waals surface area contributed by atoms with Crippen LogP contribution < -0.4 is 4.90 Å². The van der Waals surface area contributed by atoms with E-state index in [0.717, 1.165) is 12.0 Å². The van der Waals surface area contributed by atoms with Crippen molar-refractivity contribution in [2.45, 2.75) is 24.6 Å². The number of hydrogen-bond donors (Lipinski definition) is 1. The van der Waals surface area contributed by atoms with Gasteiger partial charge in [-0.05, 0) is 17.7 Å². The molecule has 0 N–H and O–H groups in total. The highest BCUT2D eigenvalue weighted by Crippen LogP contribution is 2.25. The highest BCUT2D eigenvalue weighted by Gasteiger charge is 2.33. The van der Waals surface area contributed by atoms with Crippen molar-refractivity contribution in [1.82, 2.24) is 15.0 Å². The Balaban J connectivity index is 1.71. The van der Waals surface area contributed by atoms with Crippen molar-refractivity contribution in [3.63, 3.8) is 0 Å². The smallest absolute Gasteiger partial charge is 0.187 e. The Labute approximate surface area is 134 Å². The van der Waals surface area contributed by atoms with Crippen molar-refractivity contribution >= 4 is 22.7 Å². The van der Waals surface area contributed by atoms with Crippen molar-refractivity contribution in [2.24, 2.45) is 0 Å². The second kappa shape index (κ2) is 6.88. The van der Waals surface area contributed by atoms with Crippen molar-refractivity contribution in [3.05, 3.63) is 42.2 Å². The molecule has 2 atom stereocenters. The molecule has 1 saturated heterocycles. The Morgan fingerprint density at radius 3 is 2.70 bits per heavy atom. The molecule has 0 spiro atoms. The summed E-state index contributed by atoms with van der Waals surface area (Å²) in [4.78, 5) is 13.1. The lowest BCUT2D eigenvalue weighted by Gasteiger charge is -2.20. The van der Waals surface area contributed by atoms with Crippen LogP contribution in [0, 0.1) is 0 Å². The molecule has 0 amide bonds. The lowest BCUT2D eigenvalue weighted by atomic mass is 10.2. The summed E-state index contributed by atoms with van der Waals surface area (Å²) >= 11 is 0. The lowest BCUT2D eigenvalue weighted by molar-refractivity contribution is -0.117. The zero-order valence-electron chi connectivity index (χ0n) is 12.2. The van der Waals surface area contributed by atoms with Crippen molar-refractivity contribution in [1.29, 1.82) is 0 Å². The summed E-state index contributed by atoms with van der Waals surface area (Å²) in [5.74, 6) is 0.0120. The minimum absolute atomic E-state index is 0.0120. The number of benzene rings is 1.